The largest absolute Gasteiger partial charge is 0.294 e. The maximum atomic E-state index is 12.6. The Morgan fingerprint density at radius 3 is 2.74 bits per heavy atom. The molecule has 0 radical (unpaired) electrons. The van der Waals surface area contributed by atoms with Crippen LogP contribution in [0, 0.1) is 0 Å². The Morgan fingerprint density at radius 2 is 1.87 bits per heavy atom. The van der Waals surface area contributed by atoms with Gasteiger partial charge in [-0.2, -0.15) is 0 Å². The molecule has 0 aliphatic heterocycles. The van der Waals surface area contributed by atoms with Crippen molar-refractivity contribution in [3.63, 3.8) is 0 Å². The average Bonchev–Trinajstić information content (AvgIpc) is 3.13. The summed E-state index contributed by atoms with van der Waals surface area (Å²) in [5.74, 6) is 0.0104. The van der Waals surface area contributed by atoms with Gasteiger partial charge in [-0.15, -0.1) is 0 Å². The average molecular weight is 328 g/mol. The molecule has 23 heavy (non-hydrogen) atoms. The summed E-state index contributed by atoms with van der Waals surface area (Å²) in [5.41, 5.74) is 4.08. The first-order valence-electron chi connectivity index (χ1n) is 7.70. The summed E-state index contributed by atoms with van der Waals surface area (Å²) >= 11 is 0. The van der Waals surface area contributed by atoms with Gasteiger partial charge in [0.15, 0.2) is 5.78 Å². The highest BCUT2D eigenvalue weighted by atomic mass is 32.2. The second-order valence-corrected chi connectivity index (χ2v) is 7.71. The van der Waals surface area contributed by atoms with Crippen LogP contribution >= 0.6 is 0 Å². The van der Waals surface area contributed by atoms with Crippen LogP contribution in [0.5, 0.6) is 0 Å². The summed E-state index contributed by atoms with van der Waals surface area (Å²) in [6, 6.07) is 6.62. The van der Waals surface area contributed by atoms with E-state index >= 15 is 0 Å². The van der Waals surface area contributed by atoms with Crippen LogP contribution in [0.1, 0.15) is 40.0 Å². The minimum atomic E-state index is -3.72. The Morgan fingerprint density at radius 1 is 1.00 bits per heavy atom. The van der Waals surface area contributed by atoms with Crippen LogP contribution in [0.25, 0.3) is 0 Å². The van der Waals surface area contributed by atoms with Gasteiger partial charge in [0.05, 0.1) is 16.8 Å². The van der Waals surface area contributed by atoms with Crippen LogP contribution in [-0.4, -0.2) is 19.2 Å². The lowest BCUT2D eigenvalue weighted by atomic mass is 10.1. The SMILES string of the molecule is O=C1CCc2ccc(S(=O)(=O)Nc3cnc4c(c3)CCC4)cc21. The van der Waals surface area contributed by atoms with E-state index in [0.717, 1.165) is 36.1 Å². The molecule has 0 unspecified atom stereocenters. The number of ketones is 1. The predicted octanol–water partition coefficient (Wildman–Crippen LogP) is 2.50. The molecule has 0 spiro atoms. The summed E-state index contributed by atoms with van der Waals surface area (Å²) in [6.45, 7) is 0. The number of aryl methyl sites for hydroxylation is 3. The number of benzene rings is 1. The first-order chi connectivity index (χ1) is 11.0. The molecule has 2 aliphatic rings. The molecule has 1 N–H and O–H groups in total. The monoisotopic (exact) mass is 328 g/mol. The lowest BCUT2D eigenvalue weighted by Gasteiger charge is -2.10. The summed E-state index contributed by atoms with van der Waals surface area (Å²) in [4.78, 5) is 16.2. The van der Waals surface area contributed by atoms with E-state index in [1.165, 1.54) is 6.07 Å². The van der Waals surface area contributed by atoms with Gasteiger partial charge in [0.2, 0.25) is 0 Å². The van der Waals surface area contributed by atoms with Gasteiger partial charge in [0.1, 0.15) is 0 Å². The molecule has 0 amide bonds. The third-order valence-corrected chi connectivity index (χ3v) is 5.86. The van der Waals surface area contributed by atoms with Crippen molar-refractivity contribution in [2.75, 3.05) is 4.72 Å². The molecular weight excluding hydrogens is 312 g/mol. The zero-order valence-electron chi connectivity index (χ0n) is 12.5. The Labute approximate surface area is 134 Å². The number of nitrogens with zero attached hydrogens (tertiary/aromatic N) is 1. The highest BCUT2D eigenvalue weighted by Gasteiger charge is 2.23. The van der Waals surface area contributed by atoms with Gasteiger partial charge >= 0.3 is 0 Å². The zero-order chi connectivity index (χ0) is 16.0. The van der Waals surface area contributed by atoms with Crippen molar-refractivity contribution in [2.45, 2.75) is 37.0 Å². The summed E-state index contributed by atoms with van der Waals surface area (Å²) in [7, 11) is -3.72. The van der Waals surface area contributed by atoms with Crippen molar-refractivity contribution in [3.8, 4) is 0 Å². The zero-order valence-corrected chi connectivity index (χ0v) is 13.3. The van der Waals surface area contributed by atoms with Crippen LogP contribution < -0.4 is 4.72 Å². The van der Waals surface area contributed by atoms with Crippen LogP contribution in [0.15, 0.2) is 35.4 Å². The predicted molar refractivity (Wildman–Crippen MR) is 86.2 cm³/mol. The molecule has 2 aliphatic carbocycles. The number of nitrogens with one attached hydrogen (secondary N) is 1. The number of fused-ring (bicyclic) bond motifs is 2. The maximum Gasteiger partial charge on any atom is 0.261 e. The highest BCUT2D eigenvalue weighted by molar-refractivity contribution is 7.92. The highest BCUT2D eigenvalue weighted by Crippen LogP contribution is 2.27. The normalized spacial score (nSPS) is 16.3. The topological polar surface area (TPSA) is 76.1 Å². The minimum Gasteiger partial charge on any atom is -0.294 e. The molecule has 6 heteroatoms. The van der Waals surface area contributed by atoms with Crippen molar-refractivity contribution in [3.05, 3.63) is 52.8 Å². The van der Waals surface area contributed by atoms with Crippen LogP contribution in [-0.2, 0) is 29.3 Å². The molecule has 1 heterocycles. The van der Waals surface area contributed by atoms with Crippen LogP contribution in [0.3, 0.4) is 0 Å². The van der Waals surface area contributed by atoms with Gasteiger partial charge < -0.3 is 0 Å². The first kappa shape index (κ1) is 14.4. The summed E-state index contributed by atoms with van der Waals surface area (Å²) in [6.07, 6.45) is 5.66. The van der Waals surface area contributed by atoms with Crippen molar-refractivity contribution in [2.24, 2.45) is 0 Å². The molecule has 0 saturated carbocycles. The Balaban J connectivity index is 1.66. The molecule has 1 aromatic carbocycles. The number of aromatic nitrogens is 1. The standard InChI is InChI=1S/C17H16N2O3S/c20-17-7-5-11-4-6-14(9-15(11)17)23(21,22)19-13-8-12-2-1-3-16(12)18-10-13/h4,6,8-10,19H,1-3,5,7H2. The van der Waals surface area contributed by atoms with Gasteiger partial charge in [0.25, 0.3) is 10.0 Å². The Hall–Kier alpha value is -2.21. The molecule has 5 nitrogen and oxygen atoms in total. The van der Waals surface area contributed by atoms with Crippen LogP contribution in [0.4, 0.5) is 5.69 Å². The van der Waals surface area contributed by atoms with Crippen molar-refractivity contribution < 1.29 is 13.2 Å². The third-order valence-electron chi connectivity index (χ3n) is 4.49. The van der Waals surface area contributed by atoms with Crippen LogP contribution in [0.2, 0.25) is 0 Å². The number of Topliss-reactive ketones (excluding diaryl/α,β-unsaturated/α-hetero) is 1. The number of anilines is 1. The van der Waals surface area contributed by atoms with Crippen molar-refractivity contribution >= 4 is 21.5 Å². The molecule has 0 bridgehead atoms. The van der Waals surface area contributed by atoms with E-state index in [1.807, 2.05) is 6.07 Å². The number of hydrogen-bond donors (Lipinski definition) is 1. The van der Waals surface area contributed by atoms with E-state index in [0.29, 0.717) is 24.1 Å². The first-order valence-corrected chi connectivity index (χ1v) is 9.18. The van der Waals surface area contributed by atoms with E-state index in [1.54, 1.807) is 18.3 Å². The Bertz CT molecular complexity index is 919. The van der Waals surface area contributed by atoms with Gasteiger partial charge in [-0.25, -0.2) is 8.42 Å². The molecule has 0 fully saturated rings. The van der Waals surface area contributed by atoms with Crippen molar-refractivity contribution in [1.29, 1.82) is 0 Å². The number of rotatable bonds is 3. The van der Waals surface area contributed by atoms with Gasteiger partial charge in [-0.05, 0) is 55.0 Å². The van der Waals surface area contributed by atoms with Gasteiger partial charge in [0, 0.05) is 17.7 Å². The third kappa shape index (κ3) is 2.53. The van der Waals surface area contributed by atoms with Gasteiger partial charge in [-0.1, -0.05) is 6.07 Å². The van der Waals surface area contributed by atoms with Crippen molar-refractivity contribution in [1.82, 2.24) is 4.98 Å². The number of hydrogen-bond acceptors (Lipinski definition) is 4. The number of carbonyl (C=O) groups is 1. The van der Waals surface area contributed by atoms with E-state index in [-0.39, 0.29) is 10.7 Å². The lowest BCUT2D eigenvalue weighted by Crippen LogP contribution is -2.14. The van der Waals surface area contributed by atoms with E-state index in [2.05, 4.69) is 9.71 Å². The fourth-order valence-corrected chi connectivity index (χ4v) is 4.34. The molecular formula is C17H16N2O3S. The fourth-order valence-electron chi connectivity index (χ4n) is 3.28. The summed E-state index contributed by atoms with van der Waals surface area (Å²) < 4.78 is 27.7. The van der Waals surface area contributed by atoms with E-state index < -0.39 is 10.0 Å². The smallest absolute Gasteiger partial charge is 0.261 e. The minimum absolute atomic E-state index is 0.0104. The quantitative estimate of drug-likeness (QED) is 0.939. The number of sulfonamides is 1. The summed E-state index contributed by atoms with van der Waals surface area (Å²) in [5, 5.41) is 0. The molecule has 4 rings (SSSR count). The second-order valence-electron chi connectivity index (χ2n) is 6.03. The van der Waals surface area contributed by atoms with Gasteiger partial charge in [-0.3, -0.25) is 14.5 Å². The fraction of sp³-hybridized carbons (Fsp3) is 0.294. The molecule has 2 aromatic rings. The number of pyridine rings is 1. The number of carbonyl (C=O) groups excluding carboxylic acids is 1. The molecule has 1 aromatic heterocycles. The molecule has 0 saturated heterocycles. The second kappa shape index (κ2) is 5.16. The molecule has 118 valence electrons. The van der Waals surface area contributed by atoms with E-state index in [9.17, 15) is 13.2 Å². The van der Waals surface area contributed by atoms with E-state index in [4.69, 9.17) is 0 Å². The molecule has 0 atom stereocenters. The lowest BCUT2D eigenvalue weighted by molar-refractivity contribution is 0.0994. The maximum absolute atomic E-state index is 12.6. The Kier molecular flexibility index (Phi) is 3.23.